The molecule has 0 aromatic heterocycles. The molecular formula is C19H22. The van der Waals surface area contributed by atoms with Gasteiger partial charge < -0.3 is 0 Å². The van der Waals surface area contributed by atoms with E-state index in [4.69, 9.17) is 0 Å². The van der Waals surface area contributed by atoms with E-state index in [9.17, 15) is 0 Å². The van der Waals surface area contributed by atoms with Crippen LogP contribution in [0.2, 0.25) is 0 Å². The Labute approximate surface area is 116 Å². The summed E-state index contributed by atoms with van der Waals surface area (Å²) in [6.45, 7) is 8.34. The van der Waals surface area contributed by atoms with Crippen LogP contribution < -0.4 is 0 Å². The Morgan fingerprint density at radius 3 is 1.89 bits per heavy atom. The fraction of sp³-hybridized carbons (Fsp3) is 0.263. The van der Waals surface area contributed by atoms with Crippen molar-refractivity contribution in [3.63, 3.8) is 0 Å². The van der Waals surface area contributed by atoms with E-state index in [-0.39, 0.29) is 0 Å². The van der Waals surface area contributed by atoms with Gasteiger partial charge in [0, 0.05) is 0 Å². The van der Waals surface area contributed by atoms with Gasteiger partial charge >= 0.3 is 0 Å². The predicted molar refractivity (Wildman–Crippen MR) is 86.9 cm³/mol. The molecule has 0 radical (unpaired) electrons. The molecule has 0 N–H and O–H groups in total. The van der Waals surface area contributed by atoms with Crippen molar-refractivity contribution in [2.24, 2.45) is 0 Å². The van der Waals surface area contributed by atoms with Crippen LogP contribution in [0, 0.1) is 6.92 Å². The second kappa shape index (κ2) is 5.88. The number of aryl methyl sites for hydroxylation is 2. The molecule has 0 aliphatic carbocycles. The summed E-state index contributed by atoms with van der Waals surface area (Å²) in [4.78, 5) is 0. The molecular weight excluding hydrogens is 228 g/mol. The van der Waals surface area contributed by atoms with Gasteiger partial charge in [-0.25, -0.2) is 0 Å². The van der Waals surface area contributed by atoms with E-state index >= 15 is 0 Å². The van der Waals surface area contributed by atoms with Crippen molar-refractivity contribution in [3.8, 4) is 0 Å². The SMILES string of the molecule is CC.CCc1ccc2cc3cc(C)ccc3cc2c1. The molecule has 0 aliphatic heterocycles. The second-order valence-electron chi connectivity index (χ2n) is 4.74. The molecule has 0 heterocycles. The Hall–Kier alpha value is -1.82. The van der Waals surface area contributed by atoms with Gasteiger partial charge in [0.1, 0.15) is 0 Å². The summed E-state index contributed by atoms with van der Waals surface area (Å²) in [5, 5.41) is 5.35. The molecule has 98 valence electrons. The van der Waals surface area contributed by atoms with Crippen molar-refractivity contribution in [1.29, 1.82) is 0 Å². The summed E-state index contributed by atoms with van der Waals surface area (Å²) in [6.07, 6.45) is 1.10. The van der Waals surface area contributed by atoms with Crippen LogP contribution in [0.25, 0.3) is 21.5 Å². The standard InChI is InChI=1S/C17H16.C2H6/c1-3-13-5-7-15-10-16-8-12(2)4-6-14(16)11-17(15)9-13;1-2/h4-11H,3H2,1-2H3;1-2H3. The van der Waals surface area contributed by atoms with E-state index in [1.165, 1.54) is 32.7 Å². The van der Waals surface area contributed by atoms with Crippen LogP contribution in [0.15, 0.2) is 48.5 Å². The van der Waals surface area contributed by atoms with Gasteiger partial charge in [0.15, 0.2) is 0 Å². The van der Waals surface area contributed by atoms with Gasteiger partial charge in [-0.2, -0.15) is 0 Å². The Balaban J connectivity index is 0.000000637. The van der Waals surface area contributed by atoms with E-state index in [2.05, 4.69) is 62.4 Å². The van der Waals surface area contributed by atoms with Crippen LogP contribution in [0.5, 0.6) is 0 Å². The molecule has 0 fully saturated rings. The van der Waals surface area contributed by atoms with Crippen molar-refractivity contribution >= 4 is 21.5 Å². The van der Waals surface area contributed by atoms with Crippen LogP contribution in [0.1, 0.15) is 31.9 Å². The topological polar surface area (TPSA) is 0 Å². The lowest BCUT2D eigenvalue weighted by molar-refractivity contribution is 1.15. The number of rotatable bonds is 1. The molecule has 0 amide bonds. The molecule has 0 spiro atoms. The van der Waals surface area contributed by atoms with Crippen molar-refractivity contribution in [2.45, 2.75) is 34.1 Å². The van der Waals surface area contributed by atoms with Gasteiger partial charge in [0.2, 0.25) is 0 Å². The average Bonchev–Trinajstić information content (AvgIpc) is 2.46. The minimum Gasteiger partial charge on any atom is -0.0683 e. The maximum atomic E-state index is 2.30. The molecule has 0 bridgehead atoms. The largest absolute Gasteiger partial charge is 0.0683 e. The van der Waals surface area contributed by atoms with Crippen LogP contribution in [-0.4, -0.2) is 0 Å². The Morgan fingerprint density at radius 1 is 0.684 bits per heavy atom. The summed E-state index contributed by atoms with van der Waals surface area (Å²) < 4.78 is 0. The zero-order valence-electron chi connectivity index (χ0n) is 12.3. The summed E-state index contributed by atoms with van der Waals surface area (Å²) in [6, 6.07) is 18.0. The van der Waals surface area contributed by atoms with Crippen LogP contribution in [0.4, 0.5) is 0 Å². The minimum absolute atomic E-state index is 1.10. The van der Waals surface area contributed by atoms with Crippen molar-refractivity contribution < 1.29 is 0 Å². The first-order valence-corrected chi connectivity index (χ1v) is 7.19. The van der Waals surface area contributed by atoms with Crippen molar-refractivity contribution in [3.05, 3.63) is 59.7 Å². The van der Waals surface area contributed by atoms with Gasteiger partial charge in [-0.15, -0.1) is 0 Å². The first kappa shape index (κ1) is 13.6. The third-order valence-corrected chi connectivity index (χ3v) is 3.42. The molecule has 0 saturated carbocycles. The van der Waals surface area contributed by atoms with Crippen LogP contribution in [0.3, 0.4) is 0 Å². The predicted octanol–water partition coefficient (Wildman–Crippen LogP) is 5.89. The highest BCUT2D eigenvalue weighted by Crippen LogP contribution is 2.24. The Kier molecular flexibility index (Phi) is 4.21. The molecule has 0 aliphatic rings. The number of fused-ring (bicyclic) bond motifs is 2. The number of hydrogen-bond acceptors (Lipinski definition) is 0. The molecule has 19 heavy (non-hydrogen) atoms. The zero-order valence-corrected chi connectivity index (χ0v) is 12.3. The maximum Gasteiger partial charge on any atom is -0.0175 e. The van der Waals surface area contributed by atoms with E-state index in [1.54, 1.807) is 0 Å². The highest BCUT2D eigenvalue weighted by atomic mass is 14.0. The normalized spacial score (nSPS) is 10.3. The average molecular weight is 250 g/mol. The maximum absolute atomic E-state index is 2.30. The summed E-state index contributed by atoms with van der Waals surface area (Å²) in [5.74, 6) is 0. The molecule has 0 saturated heterocycles. The zero-order chi connectivity index (χ0) is 13.8. The molecule has 0 heteroatoms. The monoisotopic (exact) mass is 250 g/mol. The van der Waals surface area contributed by atoms with E-state index in [0.717, 1.165) is 6.42 Å². The van der Waals surface area contributed by atoms with E-state index in [1.807, 2.05) is 13.8 Å². The Bertz CT molecular complexity index is 693. The van der Waals surface area contributed by atoms with Gasteiger partial charge in [0.25, 0.3) is 0 Å². The summed E-state index contributed by atoms with van der Waals surface area (Å²) in [7, 11) is 0. The fourth-order valence-electron chi connectivity index (χ4n) is 2.39. The first-order valence-electron chi connectivity index (χ1n) is 7.19. The molecule has 3 rings (SSSR count). The summed E-state index contributed by atoms with van der Waals surface area (Å²) in [5.41, 5.74) is 2.73. The fourth-order valence-corrected chi connectivity index (χ4v) is 2.39. The quantitative estimate of drug-likeness (QED) is 0.472. The molecule has 0 nitrogen and oxygen atoms in total. The third-order valence-electron chi connectivity index (χ3n) is 3.42. The highest BCUT2D eigenvalue weighted by Gasteiger charge is 1.99. The Morgan fingerprint density at radius 2 is 1.26 bits per heavy atom. The van der Waals surface area contributed by atoms with Gasteiger partial charge in [-0.3, -0.25) is 0 Å². The number of hydrogen-bond donors (Lipinski definition) is 0. The van der Waals surface area contributed by atoms with Crippen molar-refractivity contribution in [1.82, 2.24) is 0 Å². The summed E-state index contributed by atoms with van der Waals surface area (Å²) >= 11 is 0. The van der Waals surface area contributed by atoms with Gasteiger partial charge in [-0.1, -0.05) is 62.7 Å². The molecule has 3 aromatic rings. The molecule has 3 aromatic carbocycles. The lowest BCUT2D eigenvalue weighted by atomic mass is 10.00. The van der Waals surface area contributed by atoms with Crippen LogP contribution >= 0.6 is 0 Å². The highest BCUT2D eigenvalue weighted by molar-refractivity contribution is 5.98. The van der Waals surface area contributed by atoms with Gasteiger partial charge in [0.05, 0.1) is 0 Å². The van der Waals surface area contributed by atoms with E-state index in [0.29, 0.717) is 0 Å². The minimum atomic E-state index is 1.10. The first-order chi connectivity index (χ1) is 9.26. The van der Waals surface area contributed by atoms with Crippen molar-refractivity contribution in [2.75, 3.05) is 0 Å². The molecule has 0 atom stereocenters. The lowest BCUT2D eigenvalue weighted by Crippen LogP contribution is -1.82. The smallest absolute Gasteiger partial charge is 0.0175 e. The lowest BCUT2D eigenvalue weighted by Gasteiger charge is -2.05. The second-order valence-corrected chi connectivity index (χ2v) is 4.74. The number of benzene rings is 3. The van der Waals surface area contributed by atoms with E-state index < -0.39 is 0 Å². The van der Waals surface area contributed by atoms with Crippen LogP contribution in [-0.2, 0) is 6.42 Å². The third kappa shape index (κ3) is 2.78. The van der Waals surface area contributed by atoms with Gasteiger partial charge in [-0.05, 0) is 52.6 Å². The molecule has 0 unspecified atom stereocenters.